The van der Waals surface area contributed by atoms with E-state index >= 15 is 0 Å². The number of hydrogen-bond donors (Lipinski definition) is 3. The van der Waals surface area contributed by atoms with Crippen LogP contribution in [0.1, 0.15) is 34.1 Å². The number of rotatable bonds is 3. The average Bonchev–Trinajstić information content (AvgIpc) is 1.60. The van der Waals surface area contributed by atoms with Crippen LogP contribution >= 0.6 is 0 Å². The first-order valence-corrected chi connectivity index (χ1v) is 3.51. The summed E-state index contributed by atoms with van der Waals surface area (Å²) in [5.41, 5.74) is -1.99. The maximum Gasteiger partial charge on any atom is 0.115 e. The maximum atomic E-state index is 9.39. The van der Waals surface area contributed by atoms with Gasteiger partial charge in [-0.05, 0) is 27.2 Å². The van der Waals surface area contributed by atoms with E-state index < -0.39 is 11.4 Å². The third-order valence-corrected chi connectivity index (χ3v) is 1.26. The highest BCUT2D eigenvalue weighted by Gasteiger charge is 2.24. The van der Waals surface area contributed by atoms with Gasteiger partial charge in [-0.3, -0.25) is 5.32 Å². The summed E-state index contributed by atoms with van der Waals surface area (Å²) < 4.78 is 0. The normalized spacial score (nSPS) is 18.6. The summed E-state index contributed by atoms with van der Waals surface area (Å²) in [5, 5.41) is 21.3. The summed E-state index contributed by atoms with van der Waals surface area (Å²) in [6.07, 6.45) is 0.566. The fraction of sp³-hybridized carbons (Fsp3) is 1.00. The molecule has 0 aliphatic rings. The second-order valence-corrected chi connectivity index (χ2v) is 3.31. The van der Waals surface area contributed by atoms with Gasteiger partial charge in [0.2, 0.25) is 0 Å². The van der Waals surface area contributed by atoms with Gasteiger partial charge in [-0.15, -0.1) is 0 Å². The summed E-state index contributed by atoms with van der Waals surface area (Å²) in [6.45, 7) is 6.66. The highest BCUT2D eigenvalue weighted by Crippen LogP contribution is 2.08. The molecule has 1 atom stereocenters. The Bertz CT molecular complexity index is 105. The van der Waals surface area contributed by atoms with Gasteiger partial charge in [-0.1, -0.05) is 6.92 Å². The third kappa shape index (κ3) is 4.73. The van der Waals surface area contributed by atoms with Gasteiger partial charge in [0.1, 0.15) is 11.4 Å². The van der Waals surface area contributed by atoms with Crippen molar-refractivity contribution >= 4 is 0 Å². The minimum atomic E-state index is -1.01. The lowest BCUT2D eigenvalue weighted by Crippen LogP contribution is -2.53. The van der Waals surface area contributed by atoms with E-state index in [4.69, 9.17) is 0 Å². The molecule has 0 saturated carbocycles. The average molecular weight is 147 g/mol. The van der Waals surface area contributed by atoms with Crippen molar-refractivity contribution in [2.24, 2.45) is 0 Å². The highest BCUT2D eigenvalue weighted by atomic mass is 16.3. The molecule has 0 amide bonds. The van der Waals surface area contributed by atoms with Crippen LogP contribution in [-0.4, -0.2) is 21.7 Å². The molecule has 3 nitrogen and oxygen atoms in total. The molecule has 0 radical (unpaired) electrons. The highest BCUT2D eigenvalue weighted by molar-refractivity contribution is 4.73. The molecule has 0 saturated heterocycles. The third-order valence-electron chi connectivity index (χ3n) is 1.26. The van der Waals surface area contributed by atoms with Gasteiger partial charge in [0.15, 0.2) is 0 Å². The zero-order valence-corrected chi connectivity index (χ0v) is 7.10. The molecule has 0 aromatic carbocycles. The lowest BCUT2D eigenvalue weighted by Gasteiger charge is -2.31. The Labute approximate surface area is 62.1 Å². The van der Waals surface area contributed by atoms with Crippen LogP contribution in [0, 0.1) is 0 Å². The van der Waals surface area contributed by atoms with Crippen molar-refractivity contribution in [1.29, 1.82) is 0 Å². The molecule has 0 spiro atoms. The van der Waals surface area contributed by atoms with Gasteiger partial charge in [-0.2, -0.15) is 0 Å². The predicted octanol–water partition coefficient (Wildman–Crippen LogP) is 0.423. The Morgan fingerprint density at radius 3 is 1.70 bits per heavy atom. The number of aliphatic hydroxyl groups is 2. The van der Waals surface area contributed by atoms with Gasteiger partial charge in [0.05, 0.1) is 0 Å². The second-order valence-electron chi connectivity index (χ2n) is 3.31. The molecular weight excluding hydrogens is 130 g/mol. The minimum absolute atomic E-state index is 0.566. The van der Waals surface area contributed by atoms with Crippen LogP contribution in [0.4, 0.5) is 0 Å². The van der Waals surface area contributed by atoms with E-state index in [2.05, 4.69) is 5.32 Å². The summed E-state index contributed by atoms with van der Waals surface area (Å²) in [6, 6.07) is 0. The summed E-state index contributed by atoms with van der Waals surface area (Å²) in [4.78, 5) is 0. The first-order chi connectivity index (χ1) is 4.27. The summed E-state index contributed by atoms with van der Waals surface area (Å²) >= 11 is 0. The van der Waals surface area contributed by atoms with Crippen LogP contribution in [0.15, 0.2) is 0 Å². The van der Waals surface area contributed by atoms with Gasteiger partial charge < -0.3 is 10.2 Å². The van der Waals surface area contributed by atoms with E-state index in [-0.39, 0.29) is 0 Å². The lowest BCUT2D eigenvalue weighted by atomic mass is 10.1. The van der Waals surface area contributed by atoms with Crippen molar-refractivity contribution in [2.45, 2.75) is 45.6 Å². The van der Waals surface area contributed by atoms with E-state index in [0.29, 0.717) is 6.42 Å². The molecule has 0 heterocycles. The smallest absolute Gasteiger partial charge is 0.115 e. The molecule has 0 aliphatic heterocycles. The van der Waals surface area contributed by atoms with Crippen LogP contribution in [0.5, 0.6) is 0 Å². The largest absolute Gasteiger partial charge is 0.376 e. The molecule has 0 rings (SSSR count). The van der Waals surface area contributed by atoms with Crippen LogP contribution < -0.4 is 5.32 Å². The zero-order valence-electron chi connectivity index (χ0n) is 7.10. The first-order valence-electron chi connectivity index (χ1n) is 3.51. The zero-order chi connectivity index (χ0) is 8.41. The Kier molecular flexibility index (Phi) is 2.83. The second kappa shape index (κ2) is 2.86. The quantitative estimate of drug-likeness (QED) is 0.507. The Morgan fingerprint density at radius 1 is 1.20 bits per heavy atom. The van der Waals surface area contributed by atoms with Crippen LogP contribution in [-0.2, 0) is 0 Å². The molecule has 3 heteroatoms. The SMILES string of the molecule is CCC(C)(O)NC(C)(C)O. The molecule has 0 aromatic rings. The topological polar surface area (TPSA) is 52.5 Å². The monoisotopic (exact) mass is 147 g/mol. The molecule has 0 fully saturated rings. The van der Waals surface area contributed by atoms with Crippen molar-refractivity contribution in [1.82, 2.24) is 5.32 Å². The summed E-state index contributed by atoms with van der Waals surface area (Å²) in [5.74, 6) is 0. The van der Waals surface area contributed by atoms with Crippen molar-refractivity contribution in [3.8, 4) is 0 Å². The van der Waals surface area contributed by atoms with Gasteiger partial charge >= 0.3 is 0 Å². The molecule has 0 aromatic heterocycles. The van der Waals surface area contributed by atoms with Crippen molar-refractivity contribution in [3.63, 3.8) is 0 Å². The molecule has 1 unspecified atom stereocenters. The molecule has 0 bridgehead atoms. The van der Waals surface area contributed by atoms with Gasteiger partial charge in [0.25, 0.3) is 0 Å². The van der Waals surface area contributed by atoms with E-state index in [9.17, 15) is 10.2 Å². The lowest BCUT2D eigenvalue weighted by molar-refractivity contribution is -0.0756. The van der Waals surface area contributed by atoms with Crippen LogP contribution in [0.25, 0.3) is 0 Å². The fourth-order valence-electron chi connectivity index (χ4n) is 0.747. The van der Waals surface area contributed by atoms with Gasteiger partial charge in [0, 0.05) is 0 Å². The molecular formula is C7H17NO2. The Morgan fingerprint density at radius 2 is 1.60 bits per heavy atom. The Hall–Kier alpha value is -0.120. The van der Waals surface area contributed by atoms with E-state index in [1.54, 1.807) is 20.8 Å². The van der Waals surface area contributed by atoms with E-state index in [0.717, 1.165) is 0 Å². The minimum Gasteiger partial charge on any atom is -0.376 e. The predicted molar refractivity (Wildman–Crippen MR) is 40.3 cm³/mol. The van der Waals surface area contributed by atoms with E-state index in [1.165, 1.54) is 0 Å². The van der Waals surface area contributed by atoms with Gasteiger partial charge in [-0.25, -0.2) is 0 Å². The number of hydrogen-bond acceptors (Lipinski definition) is 3. The van der Waals surface area contributed by atoms with Crippen molar-refractivity contribution in [3.05, 3.63) is 0 Å². The molecule has 62 valence electrons. The number of nitrogens with one attached hydrogen (secondary N) is 1. The Balaban J connectivity index is 3.89. The van der Waals surface area contributed by atoms with E-state index in [1.807, 2.05) is 6.92 Å². The van der Waals surface area contributed by atoms with Crippen LogP contribution in [0.3, 0.4) is 0 Å². The van der Waals surface area contributed by atoms with Crippen LogP contribution in [0.2, 0.25) is 0 Å². The molecule has 3 N–H and O–H groups in total. The maximum absolute atomic E-state index is 9.39. The van der Waals surface area contributed by atoms with Crippen molar-refractivity contribution in [2.75, 3.05) is 0 Å². The molecule has 0 aliphatic carbocycles. The standard InChI is InChI=1S/C7H17NO2/c1-5-7(4,10)8-6(2,3)9/h8-10H,5H2,1-4H3. The van der Waals surface area contributed by atoms with Crippen molar-refractivity contribution < 1.29 is 10.2 Å². The fourth-order valence-corrected chi connectivity index (χ4v) is 0.747. The first kappa shape index (κ1) is 9.88. The molecule has 10 heavy (non-hydrogen) atoms. The summed E-state index contributed by atoms with van der Waals surface area (Å²) in [7, 11) is 0.